The third kappa shape index (κ3) is 3.88. The minimum absolute atomic E-state index is 0.120. The first-order valence-electron chi connectivity index (χ1n) is 6.01. The molecule has 0 unspecified atom stereocenters. The number of nitrogens with zero attached hydrogens (tertiary/aromatic N) is 2. The molecule has 1 aromatic heterocycles. The van der Waals surface area contributed by atoms with E-state index in [4.69, 9.17) is 32.4 Å². The zero-order valence-electron chi connectivity index (χ0n) is 11.1. The second kappa shape index (κ2) is 7.31. The summed E-state index contributed by atoms with van der Waals surface area (Å²) in [6.45, 7) is 2.72. The first kappa shape index (κ1) is 15.6. The summed E-state index contributed by atoms with van der Waals surface area (Å²) in [5.41, 5.74) is 0.757. The third-order valence-corrected chi connectivity index (χ3v) is 4.45. The van der Waals surface area contributed by atoms with Gasteiger partial charge in [-0.15, -0.1) is 22.0 Å². The largest absolute Gasteiger partial charge is 0.420 e. The van der Waals surface area contributed by atoms with Gasteiger partial charge >= 0.3 is 0 Å². The molecule has 2 aromatic rings. The Bertz CT molecular complexity index is 577. The van der Waals surface area contributed by atoms with Crippen molar-refractivity contribution in [3.05, 3.63) is 34.1 Å². The minimum Gasteiger partial charge on any atom is -0.420 e. The molecule has 1 aromatic carbocycles. The highest BCUT2D eigenvalue weighted by Crippen LogP contribution is 2.31. The van der Waals surface area contributed by atoms with Crippen LogP contribution in [0.1, 0.15) is 18.1 Å². The predicted octanol–water partition coefficient (Wildman–Crippen LogP) is 4.48. The maximum Gasteiger partial charge on any atom is 0.247 e. The molecule has 0 aliphatic heterocycles. The zero-order valence-corrected chi connectivity index (χ0v) is 13.4. The molecule has 4 nitrogen and oxygen atoms in total. The van der Waals surface area contributed by atoms with E-state index in [2.05, 4.69) is 10.2 Å². The van der Waals surface area contributed by atoms with Gasteiger partial charge in [0.05, 0.1) is 21.9 Å². The van der Waals surface area contributed by atoms with E-state index in [1.165, 1.54) is 0 Å². The summed E-state index contributed by atoms with van der Waals surface area (Å²) in [4.78, 5) is 0. The van der Waals surface area contributed by atoms with Gasteiger partial charge in [0, 0.05) is 18.4 Å². The molecular weight excluding hydrogens is 319 g/mol. The number of rotatable bonds is 6. The summed E-state index contributed by atoms with van der Waals surface area (Å²) in [6, 6.07) is 5.22. The monoisotopic (exact) mass is 332 g/mol. The molecule has 0 aliphatic carbocycles. The molecule has 7 heteroatoms. The van der Waals surface area contributed by atoms with Crippen LogP contribution in [0.3, 0.4) is 0 Å². The van der Waals surface area contributed by atoms with Crippen molar-refractivity contribution in [2.24, 2.45) is 0 Å². The van der Waals surface area contributed by atoms with Crippen molar-refractivity contribution in [2.45, 2.75) is 12.2 Å². The maximum atomic E-state index is 5.98. The fraction of sp³-hybridized carbons (Fsp3) is 0.385. The summed E-state index contributed by atoms with van der Waals surface area (Å²) < 4.78 is 10.7. The summed E-state index contributed by atoms with van der Waals surface area (Å²) >= 11 is 13.6. The predicted molar refractivity (Wildman–Crippen MR) is 82.5 cm³/mol. The summed E-state index contributed by atoms with van der Waals surface area (Å²) in [5.74, 6) is 1.91. The minimum atomic E-state index is 0.120. The van der Waals surface area contributed by atoms with Crippen LogP contribution >= 0.6 is 35.0 Å². The van der Waals surface area contributed by atoms with Crippen molar-refractivity contribution in [1.82, 2.24) is 10.2 Å². The molecule has 0 radical (unpaired) electrons. The van der Waals surface area contributed by atoms with Crippen LogP contribution in [0.15, 0.2) is 22.6 Å². The van der Waals surface area contributed by atoms with Gasteiger partial charge < -0.3 is 9.15 Å². The number of methoxy groups -OCH3 is 1. The highest BCUT2D eigenvalue weighted by atomic mass is 35.5. The fourth-order valence-electron chi connectivity index (χ4n) is 1.52. The van der Waals surface area contributed by atoms with Crippen molar-refractivity contribution in [2.75, 3.05) is 19.5 Å². The van der Waals surface area contributed by atoms with E-state index in [-0.39, 0.29) is 5.25 Å². The van der Waals surface area contributed by atoms with Crippen molar-refractivity contribution in [1.29, 1.82) is 0 Å². The van der Waals surface area contributed by atoms with Crippen molar-refractivity contribution in [3.8, 4) is 11.5 Å². The van der Waals surface area contributed by atoms with E-state index < -0.39 is 0 Å². The molecule has 0 saturated heterocycles. The van der Waals surface area contributed by atoms with Crippen LogP contribution in [0.25, 0.3) is 11.5 Å². The quantitative estimate of drug-likeness (QED) is 0.729. The van der Waals surface area contributed by atoms with Gasteiger partial charge in [-0.05, 0) is 25.1 Å². The van der Waals surface area contributed by atoms with E-state index in [0.717, 1.165) is 11.3 Å². The van der Waals surface area contributed by atoms with Crippen LogP contribution < -0.4 is 0 Å². The van der Waals surface area contributed by atoms with Gasteiger partial charge in [-0.25, -0.2) is 0 Å². The summed E-state index contributed by atoms with van der Waals surface area (Å²) in [5, 5.41) is 9.20. The molecule has 0 N–H and O–H groups in total. The molecule has 1 heterocycles. The van der Waals surface area contributed by atoms with Crippen LogP contribution in [-0.2, 0) is 4.74 Å². The highest BCUT2D eigenvalue weighted by Gasteiger charge is 2.15. The molecule has 0 bridgehead atoms. The van der Waals surface area contributed by atoms with Crippen molar-refractivity contribution in [3.63, 3.8) is 0 Å². The number of aromatic nitrogens is 2. The van der Waals surface area contributed by atoms with E-state index in [9.17, 15) is 0 Å². The molecule has 0 saturated carbocycles. The number of thioether (sulfide) groups is 1. The van der Waals surface area contributed by atoms with E-state index in [0.29, 0.717) is 28.4 Å². The molecule has 20 heavy (non-hydrogen) atoms. The third-order valence-electron chi connectivity index (χ3n) is 2.61. The van der Waals surface area contributed by atoms with Crippen LogP contribution in [0.4, 0.5) is 0 Å². The molecule has 1 atom stereocenters. The lowest BCUT2D eigenvalue weighted by Crippen LogP contribution is -1.96. The highest BCUT2D eigenvalue weighted by molar-refractivity contribution is 7.99. The lowest BCUT2D eigenvalue weighted by molar-refractivity contribution is 0.218. The summed E-state index contributed by atoms with van der Waals surface area (Å²) in [6.07, 6.45) is 0. The van der Waals surface area contributed by atoms with E-state index in [1.54, 1.807) is 37.1 Å². The Morgan fingerprint density at radius 1 is 1.30 bits per heavy atom. The number of halogens is 2. The second-order valence-electron chi connectivity index (χ2n) is 4.08. The molecular formula is C13H14Cl2N2O2S. The van der Waals surface area contributed by atoms with Crippen molar-refractivity contribution >= 4 is 35.0 Å². The van der Waals surface area contributed by atoms with Crippen LogP contribution in [0, 0.1) is 0 Å². The number of hydrogen-bond acceptors (Lipinski definition) is 5. The Labute approximate surface area is 131 Å². The van der Waals surface area contributed by atoms with Gasteiger partial charge in [0.15, 0.2) is 0 Å². The number of hydrogen-bond donors (Lipinski definition) is 0. The van der Waals surface area contributed by atoms with Gasteiger partial charge in [0.1, 0.15) is 0 Å². The molecule has 108 valence electrons. The Kier molecular flexibility index (Phi) is 5.72. The molecule has 2 rings (SSSR count). The van der Waals surface area contributed by atoms with Gasteiger partial charge in [0.2, 0.25) is 11.8 Å². The average Bonchev–Trinajstić information content (AvgIpc) is 2.92. The second-order valence-corrected chi connectivity index (χ2v) is 6.34. The first-order chi connectivity index (χ1) is 9.61. The van der Waals surface area contributed by atoms with Crippen LogP contribution in [0.2, 0.25) is 10.0 Å². The average molecular weight is 333 g/mol. The molecule has 0 aliphatic rings. The van der Waals surface area contributed by atoms with Gasteiger partial charge in [-0.1, -0.05) is 23.2 Å². The van der Waals surface area contributed by atoms with E-state index >= 15 is 0 Å². The Balaban J connectivity index is 2.09. The Morgan fingerprint density at radius 3 is 2.80 bits per heavy atom. The Morgan fingerprint density at radius 2 is 2.10 bits per heavy atom. The first-order valence-corrected chi connectivity index (χ1v) is 7.81. The normalized spacial score (nSPS) is 12.6. The SMILES string of the molecule is COCCS[C@H](C)c1nnc(-c2ccc(Cl)c(Cl)c2)o1. The summed E-state index contributed by atoms with van der Waals surface area (Å²) in [7, 11) is 1.68. The lowest BCUT2D eigenvalue weighted by atomic mass is 10.2. The topological polar surface area (TPSA) is 48.2 Å². The zero-order chi connectivity index (χ0) is 14.5. The smallest absolute Gasteiger partial charge is 0.247 e. The van der Waals surface area contributed by atoms with Gasteiger partial charge in [-0.3, -0.25) is 0 Å². The number of ether oxygens (including phenoxy) is 1. The van der Waals surface area contributed by atoms with Crippen LogP contribution in [-0.4, -0.2) is 29.7 Å². The fourth-order valence-corrected chi connectivity index (χ4v) is 2.68. The van der Waals surface area contributed by atoms with Gasteiger partial charge in [-0.2, -0.15) is 0 Å². The molecule has 0 spiro atoms. The van der Waals surface area contributed by atoms with Crippen molar-refractivity contribution < 1.29 is 9.15 Å². The lowest BCUT2D eigenvalue weighted by Gasteiger charge is -2.05. The van der Waals surface area contributed by atoms with Crippen LogP contribution in [0.5, 0.6) is 0 Å². The van der Waals surface area contributed by atoms with Gasteiger partial charge in [0.25, 0.3) is 0 Å². The Hall–Kier alpha value is -0.750. The molecule has 0 fully saturated rings. The number of benzene rings is 1. The standard InChI is InChI=1S/C13H14Cl2N2O2S/c1-8(20-6-5-18-2)12-16-17-13(19-12)9-3-4-10(14)11(15)7-9/h3-4,7-8H,5-6H2,1-2H3/t8-/m1/s1. The van der Waals surface area contributed by atoms with E-state index in [1.807, 2.05) is 6.92 Å². The maximum absolute atomic E-state index is 5.98. The molecule has 0 amide bonds.